The second-order valence-electron chi connectivity index (χ2n) is 6.85. The van der Waals surface area contributed by atoms with Crippen molar-refractivity contribution >= 4 is 19.1 Å². The molecule has 1 aromatic heterocycles. The molecule has 0 bridgehead atoms. The zero-order valence-electron chi connectivity index (χ0n) is 15.4. The molecule has 4 heteroatoms. The van der Waals surface area contributed by atoms with Gasteiger partial charge in [-0.05, 0) is 16.6 Å². The van der Waals surface area contributed by atoms with Crippen molar-refractivity contribution in [2.45, 2.75) is 58.2 Å². The third-order valence-electron chi connectivity index (χ3n) is 5.01. The first-order valence-electron chi connectivity index (χ1n) is 7.93. The molecule has 0 amide bonds. The zero-order valence-corrected chi connectivity index (χ0v) is 16.4. The number of hydrogen-bond donors (Lipinski definition) is 0. The van der Waals surface area contributed by atoms with Crippen molar-refractivity contribution in [3.8, 4) is 5.75 Å². The number of aromatic nitrogens is 1. The fraction of sp³-hybridized carbons (Fsp3) is 0.556. The van der Waals surface area contributed by atoms with Crippen molar-refractivity contribution in [3.63, 3.8) is 0 Å². The molecule has 22 heavy (non-hydrogen) atoms. The maximum Gasteiger partial charge on any atom is 1.00 e. The van der Waals surface area contributed by atoms with Crippen LogP contribution in [-0.2, 0) is 0 Å². The largest absolute Gasteiger partial charge is 1.00 e. The predicted octanol–water partition coefficient (Wildman–Crippen LogP) is 2.48. The van der Waals surface area contributed by atoms with Crippen LogP contribution < -0.4 is 23.6 Å². The summed E-state index contributed by atoms with van der Waals surface area (Å²) in [5.74, 6) is 0.922. The van der Waals surface area contributed by atoms with Crippen LogP contribution in [0.2, 0.25) is 16.6 Å². The minimum absolute atomic E-state index is 0. The molecular weight excluding hydrogens is 281 g/mol. The smallest absolute Gasteiger partial charge is 0.554 e. The molecule has 116 valence electrons. The summed E-state index contributed by atoms with van der Waals surface area (Å²) in [4.78, 5) is 0. The maximum atomic E-state index is 5.51. The summed E-state index contributed by atoms with van der Waals surface area (Å²) < 4.78 is 8.08. The molecule has 0 radical (unpaired) electrons. The van der Waals surface area contributed by atoms with Crippen LogP contribution >= 0.6 is 0 Å². The summed E-state index contributed by atoms with van der Waals surface area (Å²) in [7, 11) is 0.0124. The summed E-state index contributed by atoms with van der Waals surface area (Å²) >= 11 is 0. The molecule has 2 aromatic rings. The minimum atomic E-state index is -1.72. The van der Waals surface area contributed by atoms with Gasteiger partial charge in [0.2, 0.25) is 0 Å². The Labute approximate surface area is 148 Å². The second-order valence-corrected chi connectivity index (χ2v) is 12.6. The Morgan fingerprint density at radius 3 is 2.00 bits per heavy atom. The van der Waals surface area contributed by atoms with Crippen molar-refractivity contribution in [1.29, 1.82) is 0 Å². The molecule has 0 aliphatic heterocycles. The van der Waals surface area contributed by atoms with Crippen LogP contribution in [0.15, 0.2) is 24.4 Å². The molecule has 0 atom stereocenters. The standard InChI is InChI=1S/C18H28NOSi.Li/c1-13(2)21(14(3)4,15(5)6)19-12-11-16-17(19)9-8-10-18(16)20-7;/h8-10,12-15H,1-7H3;/q-1;+1. The topological polar surface area (TPSA) is 14.2 Å². The minimum Gasteiger partial charge on any atom is -0.554 e. The van der Waals surface area contributed by atoms with E-state index < -0.39 is 8.24 Å². The number of methoxy groups -OCH3 is 1. The van der Waals surface area contributed by atoms with E-state index in [9.17, 15) is 0 Å². The maximum absolute atomic E-state index is 5.51. The van der Waals surface area contributed by atoms with E-state index in [0.29, 0.717) is 16.6 Å². The fourth-order valence-electron chi connectivity index (χ4n) is 4.39. The summed E-state index contributed by atoms with van der Waals surface area (Å²) in [6.07, 6.45) is 2.18. The average molecular weight is 309 g/mol. The van der Waals surface area contributed by atoms with Crippen LogP contribution in [0.5, 0.6) is 5.75 Å². The Balaban J connectivity index is 0.00000242. The van der Waals surface area contributed by atoms with E-state index in [1.54, 1.807) is 7.11 Å². The zero-order chi connectivity index (χ0) is 15.8. The number of nitrogens with zero attached hydrogens (tertiary/aromatic N) is 1. The molecule has 0 N–H and O–H groups in total. The fourth-order valence-corrected chi connectivity index (χ4v) is 10.9. The third-order valence-corrected chi connectivity index (χ3v) is 11.8. The summed E-state index contributed by atoms with van der Waals surface area (Å²) in [5, 5.41) is 1.11. The van der Waals surface area contributed by atoms with Gasteiger partial charge in [0, 0.05) is 5.75 Å². The molecule has 0 spiro atoms. The first-order chi connectivity index (χ1) is 9.87. The Morgan fingerprint density at radius 2 is 1.55 bits per heavy atom. The van der Waals surface area contributed by atoms with Crippen molar-refractivity contribution in [3.05, 3.63) is 30.5 Å². The predicted molar refractivity (Wildman–Crippen MR) is 93.8 cm³/mol. The van der Waals surface area contributed by atoms with Gasteiger partial charge < -0.3 is 8.97 Å². The van der Waals surface area contributed by atoms with Gasteiger partial charge >= 0.3 is 18.9 Å². The quantitative estimate of drug-likeness (QED) is 0.611. The van der Waals surface area contributed by atoms with E-state index >= 15 is 0 Å². The Bertz CT molecular complexity index is 597. The molecule has 0 aliphatic rings. The first kappa shape index (κ1) is 19.4. The number of rotatable bonds is 5. The van der Waals surface area contributed by atoms with Crippen LogP contribution in [0.3, 0.4) is 0 Å². The summed E-state index contributed by atoms with van der Waals surface area (Å²) in [5.41, 5.74) is 3.30. The van der Waals surface area contributed by atoms with Crippen molar-refractivity contribution < 1.29 is 23.6 Å². The molecule has 0 unspecified atom stereocenters. The van der Waals surface area contributed by atoms with Crippen LogP contribution in [0.25, 0.3) is 10.9 Å². The van der Waals surface area contributed by atoms with E-state index in [0.717, 1.165) is 11.1 Å². The van der Waals surface area contributed by atoms with Crippen molar-refractivity contribution in [1.82, 2.24) is 4.23 Å². The van der Waals surface area contributed by atoms with E-state index in [2.05, 4.69) is 70.2 Å². The summed E-state index contributed by atoms with van der Waals surface area (Å²) in [6, 6.07) is 9.77. The number of hydrogen-bond acceptors (Lipinski definition) is 1. The SMILES string of the molecule is COc1cccc2c1[c-]cn2[Si](C(C)C)(C(C)C)C(C)C.[Li+]. The second kappa shape index (κ2) is 7.30. The molecule has 2 nitrogen and oxygen atoms in total. The normalized spacial score (nSPS) is 12.3. The van der Waals surface area contributed by atoms with Gasteiger partial charge in [-0.15, -0.1) is 5.39 Å². The van der Waals surface area contributed by atoms with Crippen LogP contribution in [0.4, 0.5) is 0 Å². The molecule has 1 aromatic carbocycles. The molecule has 0 fully saturated rings. The van der Waals surface area contributed by atoms with E-state index in [4.69, 9.17) is 4.74 Å². The molecule has 1 heterocycles. The Morgan fingerprint density at radius 1 is 1.00 bits per heavy atom. The van der Waals surface area contributed by atoms with Gasteiger partial charge in [-0.3, -0.25) is 0 Å². The van der Waals surface area contributed by atoms with Crippen LogP contribution in [0, 0.1) is 6.07 Å². The molecule has 0 saturated carbocycles. The van der Waals surface area contributed by atoms with Gasteiger partial charge in [0.05, 0.1) is 7.11 Å². The molecule has 2 rings (SSSR count). The van der Waals surface area contributed by atoms with E-state index in [1.807, 2.05) is 6.07 Å². The number of fused-ring (bicyclic) bond motifs is 1. The van der Waals surface area contributed by atoms with Gasteiger partial charge in [0.25, 0.3) is 0 Å². The Kier molecular flexibility index (Phi) is 6.44. The monoisotopic (exact) mass is 309 g/mol. The molecule has 0 saturated heterocycles. The van der Waals surface area contributed by atoms with E-state index in [1.165, 1.54) is 5.52 Å². The first-order valence-corrected chi connectivity index (χ1v) is 10.1. The Hall–Kier alpha value is -0.626. The number of ether oxygens (including phenoxy) is 1. The van der Waals surface area contributed by atoms with Crippen molar-refractivity contribution in [2.75, 3.05) is 7.11 Å². The van der Waals surface area contributed by atoms with Gasteiger partial charge in [-0.2, -0.15) is 6.07 Å². The number of benzene rings is 1. The molecule has 0 aliphatic carbocycles. The van der Waals surface area contributed by atoms with Gasteiger partial charge in [0.15, 0.2) is 8.24 Å². The van der Waals surface area contributed by atoms with E-state index in [-0.39, 0.29) is 18.9 Å². The van der Waals surface area contributed by atoms with Gasteiger partial charge in [-0.1, -0.05) is 71.5 Å². The van der Waals surface area contributed by atoms with Gasteiger partial charge in [-0.25, -0.2) is 0 Å². The molecular formula is C18H28LiNOSi. The summed E-state index contributed by atoms with van der Waals surface area (Å²) in [6.45, 7) is 14.3. The van der Waals surface area contributed by atoms with Gasteiger partial charge in [0.1, 0.15) is 0 Å². The average Bonchev–Trinajstić information content (AvgIpc) is 2.82. The van der Waals surface area contributed by atoms with Crippen LogP contribution in [0.1, 0.15) is 41.5 Å². The van der Waals surface area contributed by atoms with Crippen LogP contribution in [-0.4, -0.2) is 19.6 Å². The van der Waals surface area contributed by atoms with Crippen molar-refractivity contribution in [2.24, 2.45) is 0 Å². The third kappa shape index (κ3) is 2.80.